The highest BCUT2D eigenvalue weighted by molar-refractivity contribution is 6.60. The van der Waals surface area contributed by atoms with Gasteiger partial charge in [-0.05, 0) is 59.2 Å². The third-order valence-corrected chi connectivity index (χ3v) is 7.56. The van der Waals surface area contributed by atoms with Crippen LogP contribution in [0.2, 0.25) is 6.04 Å². The van der Waals surface area contributed by atoms with E-state index in [0.29, 0.717) is 44.9 Å². The summed E-state index contributed by atoms with van der Waals surface area (Å²) in [5.74, 6) is -0.879. The average molecular weight is 426 g/mol. The van der Waals surface area contributed by atoms with Crippen LogP contribution >= 0.6 is 0 Å². The van der Waals surface area contributed by atoms with Crippen LogP contribution in [0.4, 0.5) is 0 Å². The van der Waals surface area contributed by atoms with Crippen molar-refractivity contribution in [3.05, 3.63) is 0 Å². The predicted octanol–water partition coefficient (Wildman–Crippen LogP) is 1.52. The fourth-order valence-corrected chi connectivity index (χ4v) is 6.02. The zero-order valence-electron chi connectivity index (χ0n) is 18.4. The molecule has 28 heavy (non-hydrogen) atoms. The van der Waals surface area contributed by atoms with E-state index in [0.717, 1.165) is 19.3 Å². The van der Waals surface area contributed by atoms with Gasteiger partial charge in [0.05, 0.1) is 0 Å². The van der Waals surface area contributed by atoms with Gasteiger partial charge in [0.25, 0.3) is 0 Å². The summed E-state index contributed by atoms with van der Waals surface area (Å²) in [6, 6.07) is 0.523. The molecule has 170 valence electrons. The molecule has 0 spiro atoms. The topological polar surface area (TPSA) is 133 Å². The third-order valence-electron chi connectivity index (χ3n) is 4.53. The molecule has 0 saturated carbocycles. The number of unbranched alkanes of at least 4 members (excludes halogenated alkanes) is 1. The molecule has 0 saturated heterocycles. The van der Waals surface area contributed by atoms with E-state index in [1.165, 1.54) is 0 Å². The van der Waals surface area contributed by atoms with Crippen molar-refractivity contribution in [3.8, 4) is 0 Å². The Morgan fingerprint density at radius 2 is 1.25 bits per heavy atom. The van der Waals surface area contributed by atoms with Gasteiger partial charge in [0.15, 0.2) is 5.79 Å². The van der Waals surface area contributed by atoms with Crippen LogP contribution in [0, 0.1) is 0 Å². The number of rotatable bonds is 19. The number of ether oxygens (including phenoxy) is 3. The lowest BCUT2D eigenvalue weighted by molar-refractivity contribution is -0.227. The molecule has 0 aliphatic carbocycles. The van der Waals surface area contributed by atoms with Crippen molar-refractivity contribution in [1.82, 2.24) is 0 Å². The number of nitrogens with two attached hydrogens (primary N) is 3. The summed E-state index contributed by atoms with van der Waals surface area (Å²) < 4.78 is 35.6. The Bertz CT molecular complexity index is 371. The van der Waals surface area contributed by atoms with Crippen molar-refractivity contribution in [2.45, 2.75) is 76.8 Å². The second kappa shape index (κ2) is 15.7. The molecule has 0 aliphatic heterocycles. The van der Waals surface area contributed by atoms with Crippen LogP contribution in [0.1, 0.15) is 52.4 Å². The Morgan fingerprint density at radius 3 is 1.68 bits per heavy atom. The Morgan fingerprint density at radius 1 is 0.750 bits per heavy atom. The molecule has 0 heterocycles. The minimum absolute atomic E-state index is 0.490. The van der Waals surface area contributed by atoms with Crippen LogP contribution in [-0.4, -0.2) is 68.1 Å². The van der Waals surface area contributed by atoms with Gasteiger partial charge in [-0.1, -0.05) is 0 Å². The van der Waals surface area contributed by atoms with Crippen molar-refractivity contribution in [1.29, 1.82) is 0 Å². The molecule has 10 heteroatoms. The summed E-state index contributed by atoms with van der Waals surface area (Å²) in [7, 11) is 1.51. The molecule has 3 unspecified atom stereocenters. The lowest BCUT2D eigenvalue weighted by atomic mass is 10.0. The van der Waals surface area contributed by atoms with Gasteiger partial charge in [-0.2, -0.15) is 0 Å². The molecule has 0 aromatic rings. The van der Waals surface area contributed by atoms with Crippen molar-refractivity contribution in [2.24, 2.45) is 17.2 Å². The van der Waals surface area contributed by atoms with Crippen molar-refractivity contribution >= 4 is 8.80 Å². The maximum Gasteiger partial charge on any atom is 0.507 e. The molecule has 0 rings (SSSR count). The highest BCUT2D eigenvalue weighted by Gasteiger charge is 2.50. The van der Waals surface area contributed by atoms with E-state index < -0.39 is 27.2 Å². The molecule has 0 amide bonds. The average Bonchev–Trinajstić information content (AvgIpc) is 2.70. The van der Waals surface area contributed by atoms with E-state index in [9.17, 15) is 0 Å². The summed E-state index contributed by atoms with van der Waals surface area (Å²) >= 11 is 0. The standard InChI is InChI=1S/C18H43N3O6Si/c1-16(22-3)25-28(15-9-14-21,26-17(2)23-4)27-18(24-5,11-8-13-20)10-6-7-12-19/h16-17H,6-15,19-21H2,1-5H3. The first kappa shape index (κ1) is 27.9. The maximum atomic E-state index is 6.63. The first-order valence-corrected chi connectivity index (χ1v) is 12.1. The van der Waals surface area contributed by atoms with Crippen molar-refractivity contribution in [2.75, 3.05) is 41.0 Å². The molecule has 0 aromatic carbocycles. The van der Waals surface area contributed by atoms with Crippen LogP contribution in [0.5, 0.6) is 0 Å². The van der Waals surface area contributed by atoms with E-state index >= 15 is 0 Å². The lowest BCUT2D eigenvalue weighted by Crippen LogP contribution is -2.57. The Hall–Kier alpha value is -0.143. The third kappa shape index (κ3) is 10.6. The first-order chi connectivity index (χ1) is 13.4. The fraction of sp³-hybridized carbons (Fsp3) is 1.00. The molecular formula is C18H43N3O6Si. The second-order valence-electron chi connectivity index (χ2n) is 6.77. The smallest absolute Gasteiger partial charge is 0.357 e. The quantitative estimate of drug-likeness (QED) is 0.160. The molecule has 3 atom stereocenters. The zero-order valence-corrected chi connectivity index (χ0v) is 19.4. The van der Waals surface area contributed by atoms with Gasteiger partial charge in [0, 0.05) is 40.2 Å². The maximum absolute atomic E-state index is 6.63. The van der Waals surface area contributed by atoms with Gasteiger partial charge in [0.1, 0.15) is 12.6 Å². The van der Waals surface area contributed by atoms with Gasteiger partial charge >= 0.3 is 8.80 Å². The summed E-state index contributed by atoms with van der Waals surface area (Å²) in [5, 5.41) is 0. The van der Waals surface area contributed by atoms with Crippen LogP contribution in [0.15, 0.2) is 0 Å². The van der Waals surface area contributed by atoms with Crippen LogP contribution in [0.3, 0.4) is 0 Å². The summed E-state index contributed by atoms with van der Waals surface area (Å²) in [4.78, 5) is 0. The normalized spacial score (nSPS) is 18.4. The fourth-order valence-electron chi connectivity index (χ4n) is 2.83. The highest BCUT2D eigenvalue weighted by atomic mass is 28.4. The summed E-state index contributed by atoms with van der Waals surface area (Å²) in [6.07, 6.45) is 3.42. The van der Waals surface area contributed by atoms with Crippen molar-refractivity contribution < 1.29 is 27.5 Å². The van der Waals surface area contributed by atoms with Crippen LogP contribution in [-0.2, 0) is 27.5 Å². The molecule has 6 N–H and O–H groups in total. The molecule has 0 bridgehead atoms. The minimum atomic E-state index is -3.28. The number of hydrogen-bond donors (Lipinski definition) is 3. The Kier molecular flexibility index (Phi) is 15.6. The van der Waals surface area contributed by atoms with E-state index in [4.69, 9.17) is 44.7 Å². The van der Waals surface area contributed by atoms with Gasteiger partial charge in [-0.3, -0.25) is 0 Å². The Labute approximate surface area is 171 Å². The van der Waals surface area contributed by atoms with E-state index in [2.05, 4.69) is 0 Å². The second-order valence-corrected chi connectivity index (χ2v) is 9.31. The zero-order chi connectivity index (χ0) is 21.5. The van der Waals surface area contributed by atoms with Crippen LogP contribution < -0.4 is 17.2 Å². The largest absolute Gasteiger partial charge is 0.507 e. The van der Waals surface area contributed by atoms with E-state index in [-0.39, 0.29) is 0 Å². The summed E-state index contributed by atoms with van der Waals surface area (Å²) in [5.41, 5.74) is 17.2. The van der Waals surface area contributed by atoms with E-state index in [1.54, 1.807) is 35.2 Å². The summed E-state index contributed by atoms with van der Waals surface area (Å²) in [6.45, 7) is 5.24. The highest BCUT2D eigenvalue weighted by Crippen LogP contribution is 2.34. The van der Waals surface area contributed by atoms with Gasteiger partial charge in [0.2, 0.25) is 0 Å². The van der Waals surface area contributed by atoms with E-state index in [1.807, 2.05) is 0 Å². The van der Waals surface area contributed by atoms with Gasteiger partial charge in [-0.25, -0.2) is 0 Å². The SMILES string of the molecule is COC(C)O[Si](CCCN)(OC(C)OC)OC(CCCN)(CCCCN)OC. The molecular weight excluding hydrogens is 382 g/mol. The van der Waals surface area contributed by atoms with Gasteiger partial charge < -0.3 is 44.7 Å². The van der Waals surface area contributed by atoms with Crippen molar-refractivity contribution in [3.63, 3.8) is 0 Å². The monoisotopic (exact) mass is 425 g/mol. The number of methoxy groups -OCH3 is 3. The lowest BCUT2D eigenvalue weighted by Gasteiger charge is -2.42. The number of hydrogen-bond acceptors (Lipinski definition) is 9. The first-order valence-electron chi connectivity index (χ1n) is 10.1. The molecule has 9 nitrogen and oxygen atoms in total. The van der Waals surface area contributed by atoms with Crippen LogP contribution in [0.25, 0.3) is 0 Å². The Balaban J connectivity index is 5.81. The predicted molar refractivity (Wildman–Crippen MR) is 111 cm³/mol. The van der Waals surface area contributed by atoms with Gasteiger partial charge in [-0.15, -0.1) is 0 Å². The molecule has 0 radical (unpaired) electrons. The molecule has 0 fully saturated rings. The molecule has 0 aromatic heterocycles. The minimum Gasteiger partial charge on any atom is -0.357 e. The molecule has 0 aliphatic rings.